The van der Waals surface area contributed by atoms with Gasteiger partial charge in [0.15, 0.2) is 0 Å². The zero-order valence-electron chi connectivity index (χ0n) is 14.5. The molecule has 1 aromatic rings. The monoisotopic (exact) mass is 309 g/mol. The van der Waals surface area contributed by atoms with Crippen LogP contribution in [-0.2, 0) is 5.41 Å². The summed E-state index contributed by atoms with van der Waals surface area (Å²) in [6, 6.07) is 1.27. The van der Waals surface area contributed by atoms with Crippen LogP contribution in [0.2, 0.25) is 0 Å². The van der Waals surface area contributed by atoms with Crippen LogP contribution in [0.25, 0.3) is 0 Å². The number of rotatable bonds is 7. The molecule has 0 amide bonds. The highest BCUT2D eigenvalue weighted by Crippen LogP contribution is 2.32. The third-order valence-electron chi connectivity index (χ3n) is 4.19. The van der Waals surface area contributed by atoms with Crippen molar-refractivity contribution in [2.75, 3.05) is 19.6 Å². The summed E-state index contributed by atoms with van der Waals surface area (Å²) in [6.07, 6.45) is 2.79. The molecule has 0 aliphatic heterocycles. The molecule has 1 aliphatic rings. The molecule has 21 heavy (non-hydrogen) atoms. The van der Waals surface area contributed by atoms with Gasteiger partial charge in [0.1, 0.15) is 0 Å². The maximum atomic E-state index is 4.77. The van der Waals surface area contributed by atoms with Gasteiger partial charge in [0.25, 0.3) is 0 Å². The van der Waals surface area contributed by atoms with Crippen molar-refractivity contribution >= 4 is 11.3 Å². The Morgan fingerprint density at radius 3 is 2.52 bits per heavy atom. The van der Waals surface area contributed by atoms with E-state index in [2.05, 4.69) is 51.8 Å². The molecule has 0 radical (unpaired) electrons. The second-order valence-electron chi connectivity index (χ2n) is 7.25. The van der Waals surface area contributed by atoms with E-state index in [1.54, 1.807) is 0 Å². The van der Waals surface area contributed by atoms with E-state index < -0.39 is 0 Å². The molecule has 120 valence electrons. The van der Waals surface area contributed by atoms with Crippen LogP contribution < -0.4 is 5.32 Å². The SMILES string of the molecule is CCN(CCNC(C)c1sc(C(C)(C)C)nc1C)C1CC1. The standard InChI is InChI=1S/C17H31N3S/c1-7-20(14-8-9-14)11-10-18-12(2)15-13(3)19-16(21-15)17(4,5)6/h12,14,18H,7-11H2,1-6H3. The first-order valence-corrected chi connectivity index (χ1v) is 9.09. The average molecular weight is 310 g/mol. The molecule has 2 rings (SSSR count). The van der Waals surface area contributed by atoms with Gasteiger partial charge in [-0.25, -0.2) is 4.98 Å². The molecule has 0 aromatic carbocycles. The second kappa shape index (κ2) is 6.76. The molecule has 1 saturated carbocycles. The fourth-order valence-electron chi connectivity index (χ4n) is 2.69. The highest BCUT2D eigenvalue weighted by molar-refractivity contribution is 7.12. The third-order valence-corrected chi connectivity index (χ3v) is 5.95. The zero-order chi connectivity index (χ0) is 15.6. The molecule has 1 fully saturated rings. The Kier molecular flexibility index (Phi) is 5.44. The quantitative estimate of drug-likeness (QED) is 0.828. The smallest absolute Gasteiger partial charge is 0.0985 e. The lowest BCUT2D eigenvalue weighted by atomic mass is 9.98. The van der Waals surface area contributed by atoms with Gasteiger partial charge in [-0.1, -0.05) is 27.7 Å². The number of likely N-dealkylation sites (N-methyl/N-ethyl adjacent to an activating group) is 1. The Balaban J connectivity index is 1.88. The summed E-state index contributed by atoms with van der Waals surface area (Å²) in [6.45, 7) is 16.8. The van der Waals surface area contributed by atoms with Gasteiger partial charge in [-0.05, 0) is 33.2 Å². The number of aryl methyl sites for hydroxylation is 1. The maximum absolute atomic E-state index is 4.77. The molecule has 1 N–H and O–H groups in total. The van der Waals surface area contributed by atoms with Crippen LogP contribution in [0.4, 0.5) is 0 Å². The second-order valence-corrected chi connectivity index (χ2v) is 8.28. The summed E-state index contributed by atoms with van der Waals surface area (Å²) >= 11 is 1.87. The maximum Gasteiger partial charge on any atom is 0.0985 e. The van der Waals surface area contributed by atoms with Crippen molar-refractivity contribution < 1.29 is 0 Å². The van der Waals surface area contributed by atoms with Crippen molar-refractivity contribution in [2.24, 2.45) is 0 Å². The number of hydrogen-bond donors (Lipinski definition) is 1. The normalized spacial score (nSPS) is 17.5. The van der Waals surface area contributed by atoms with E-state index in [4.69, 9.17) is 4.98 Å². The Morgan fingerprint density at radius 2 is 2.05 bits per heavy atom. The van der Waals surface area contributed by atoms with Crippen LogP contribution in [0.1, 0.15) is 69.1 Å². The Hall–Kier alpha value is -0.450. The van der Waals surface area contributed by atoms with Crippen molar-refractivity contribution in [2.45, 2.75) is 71.9 Å². The summed E-state index contributed by atoms with van der Waals surface area (Å²) in [7, 11) is 0. The van der Waals surface area contributed by atoms with E-state index in [1.807, 2.05) is 11.3 Å². The third kappa shape index (κ3) is 4.51. The minimum atomic E-state index is 0.151. The molecule has 1 aromatic heterocycles. The van der Waals surface area contributed by atoms with E-state index in [0.717, 1.165) is 19.1 Å². The van der Waals surface area contributed by atoms with E-state index in [-0.39, 0.29) is 5.41 Å². The Morgan fingerprint density at radius 1 is 1.38 bits per heavy atom. The molecule has 0 saturated heterocycles. The minimum absolute atomic E-state index is 0.151. The van der Waals surface area contributed by atoms with Crippen LogP contribution in [0, 0.1) is 6.92 Å². The van der Waals surface area contributed by atoms with Gasteiger partial charge in [-0.15, -0.1) is 11.3 Å². The first-order valence-electron chi connectivity index (χ1n) is 8.28. The van der Waals surface area contributed by atoms with Gasteiger partial charge < -0.3 is 5.32 Å². The highest BCUT2D eigenvalue weighted by atomic mass is 32.1. The minimum Gasteiger partial charge on any atom is -0.308 e. The van der Waals surface area contributed by atoms with E-state index in [9.17, 15) is 0 Å². The van der Waals surface area contributed by atoms with Gasteiger partial charge in [0.2, 0.25) is 0 Å². The summed E-state index contributed by atoms with van der Waals surface area (Å²) in [5.74, 6) is 0. The summed E-state index contributed by atoms with van der Waals surface area (Å²) in [4.78, 5) is 8.76. The Labute approximate surface area is 134 Å². The summed E-state index contributed by atoms with van der Waals surface area (Å²) < 4.78 is 0. The molecule has 1 atom stereocenters. The topological polar surface area (TPSA) is 28.2 Å². The van der Waals surface area contributed by atoms with Crippen LogP contribution in [0.5, 0.6) is 0 Å². The number of nitrogens with one attached hydrogen (secondary N) is 1. The lowest BCUT2D eigenvalue weighted by Crippen LogP contribution is -2.34. The molecule has 4 heteroatoms. The van der Waals surface area contributed by atoms with Gasteiger partial charge in [0, 0.05) is 35.5 Å². The van der Waals surface area contributed by atoms with Crippen molar-refractivity contribution in [3.63, 3.8) is 0 Å². The highest BCUT2D eigenvalue weighted by Gasteiger charge is 2.27. The summed E-state index contributed by atoms with van der Waals surface area (Å²) in [5, 5.41) is 4.93. The number of aromatic nitrogens is 1. The number of thiazole rings is 1. The first-order chi connectivity index (χ1) is 9.82. The van der Waals surface area contributed by atoms with Crippen molar-refractivity contribution in [1.29, 1.82) is 0 Å². The largest absolute Gasteiger partial charge is 0.308 e. The first kappa shape index (κ1) is 16.9. The van der Waals surface area contributed by atoms with E-state index in [1.165, 1.54) is 35.0 Å². The fraction of sp³-hybridized carbons (Fsp3) is 0.824. The van der Waals surface area contributed by atoms with Gasteiger partial charge in [-0.2, -0.15) is 0 Å². The lowest BCUT2D eigenvalue weighted by molar-refractivity contribution is 0.273. The van der Waals surface area contributed by atoms with Crippen LogP contribution in [0.15, 0.2) is 0 Å². The molecule has 1 aliphatic carbocycles. The predicted octanol–water partition coefficient (Wildman–Crippen LogP) is 3.88. The van der Waals surface area contributed by atoms with Gasteiger partial charge >= 0.3 is 0 Å². The predicted molar refractivity (Wildman–Crippen MR) is 92.2 cm³/mol. The summed E-state index contributed by atoms with van der Waals surface area (Å²) in [5.41, 5.74) is 1.35. The number of hydrogen-bond acceptors (Lipinski definition) is 4. The van der Waals surface area contributed by atoms with Crippen molar-refractivity contribution in [3.8, 4) is 0 Å². The zero-order valence-corrected chi connectivity index (χ0v) is 15.3. The lowest BCUT2D eigenvalue weighted by Gasteiger charge is -2.21. The Bertz CT molecular complexity index is 457. The molecular formula is C17H31N3S. The molecule has 3 nitrogen and oxygen atoms in total. The molecule has 0 spiro atoms. The van der Waals surface area contributed by atoms with E-state index in [0.29, 0.717) is 6.04 Å². The molecular weight excluding hydrogens is 278 g/mol. The fourth-order valence-corrected chi connectivity index (χ4v) is 3.84. The van der Waals surface area contributed by atoms with Gasteiger partial charge in [0.05, 0.1) is 10.7 Å². The molecule has 1 heterocycles. The van der Waals surface area contributed by atoms with E-state index >= 15 is 0 Å². The van der Waals surface area contributed by atoms with Crippen LogP contribution in [0.3, 0.4) is 0 Å². The van der Waals surface area contributed by atoms with Crippen LogP contribution >= 0.6 is 11.3 Å². The van der Waals surface area contributed by atoms with Gasteiger partial charge in [-0.3, -0.25) is 4.90 Å². The number of nitrogens with zero attached hydrogens (tertiary/aromatic N) is 2. The van der Waals surface area contributed by atoms with Crippen molar-refractivity contribution in [1.82, 2.24) is 15.2 Å². The van der Waals surface area contributed by atoms with Crippen LogP contribution in [-0.4, -0.2) is 35.6 Å². The molecule has 0 bridgehead atoms. The molecule has 1 unspecified atom stereocenters. The average Bonchev–Trinajstić information content (AvgIpc) is 3.15. The van der Waals surface area contributed by atoms with Crippen molar-refractivity contribution in [3.05, 3.63) is 15.6 Å².